The molecule has 5 rings (SSSR count). The van der Waals surface area contributed by atoms with E-state index in [1.165, 1.54) is 5.56 Å². The lowest BCUT2D eigenvalue weighted by atomic mass is 9.96. The highest BCUT2D eigenvalue weighted by atomic mass is 16.6. The number of tetrazole rings is 1. The number of hydrogen-bond acceptors (Lipinski definition) is 6. The SMILES string of the molecule is c1ccc2c(c1)OC[C@H](c1ccc(CN3CCC(c4nnn[nH]4)CC3)cc1)O2. The first kappa shape index (κ1) is 17.2. The van der Waals surface area contributed by atoms with Gasteiger partial charge in [-0.05, 0) is 59.6 Å². The minimum Gasteiger partial charge on any atom is -0.485 e. The van der Waals surface area contributed by atoms with Crippen LogP contribution in [0.3, 0.4) is 0 Å². The minimum absolute atomic E-state index is 0.0600. The van der Waals surface area contributed by atoms with E-state index in [0.29, 0.717) is 12.5 Å². The average molecular weight is 377 g/mol. The number of hydrogen-bond donors (Lipinski definition) is 1. The molecular formula is C21H23N5O2. The highest BCUT2D eigenvalue weighted by Crippen LogP contribution is 2.36. The molecule has 1 saturated heterocycles. The number of para-hydroxylation sites is 2. The molecule has 1 fully saturated rings. The summed E-state index contributed by atoms with van der Waals surface area (Å²) in [6.45, 7) is 3.62. The number of likely N-dealkylation sites (tertiary alicyclic amines) is 1. The Labute approximate surface area is 163 Å². The standard InChI is InChI=1S/C21H23N5O2/c1-2-4-19-18(3-1)27-14-20(28-19)16-7-5-15(6-8-16)13-26-11-9-17(10-12-26)21-22-24-25-23-21/h1-8,17,20H,9-14H2,(H,22,23,24,25)/t20-/m1/s1. The smallest absolute Gasteiger partial charge is 0.162 e. The molecule has 1 atom stereocenters. The summed E-state index contributed by atoms with van der Waals surface area (Å²) in [5.74, 6) is 2.99. The predicted octanol–water partition coefficient (Wildman–Crippen LogP) is 3.09. The summed E-state index contributed by atoms with van der Waals surface area (Å²) in [7, 11) is 0. The third-order valence-electron chi connectivity index (χ3n) is 5.60. The van der Waals surface area contributed by atoms with Gasteiger partial charge in [0.1, 0.15) is 6.61 Å². The Morgan fingerprint density at radius 3 is 2.54 bits per heavy atom. The number of fused-ring (bicyclic) bond motifs is 1. The normalized spacial score (nSPS) is 20.2. The number of nitrogens with zero attached hydrogens (tertiary/aromatic N) is 4. The number of aromatic amines is 1. The van der Waals surface area contributed by atoms with Crippen LogP contribution in [0.25, 0.3) is 0 Å². The van der Waals surface area contributed by atoms with Crippen molar-refractivity contribution in [2.75, 3.05) is 19.7 Å². The monoisotopic (exact) mass is 377 g/mol. The van der Waals surface area contributed by atoms with Crippen molar-refractivity contribution in [1.29, 1.82) is 0 Å². The molecule has 2 aliphatic heterocycles. The zero-order chi connectivity index (χ0) is 18.8. The molecule has 28 heavy (non-hydrogen) atoms. The number of ether oxygens (including phenoxy) is 2. The first-order valence-electron chi connectivity index (χ1n) is 9.78. The predicted molar refractivity (Wildman–Crippen MR) is 103 cm³/mol. The number of piperidine rings is 1. The number of H-pyrrole nitrogens is 1. The van der Waals surface area contributed by atoms with Crippen molar-refractivity contribution in [3.63, 3.8) is 0 Å². The summed E-state index contributed by atoms with van der Waals surface area (Å²) in [5, 5.41) is 14.3. The average Bonchev–Trinajstić information content (AvgIpc) is 3.29. The number of nitrogens with one attached hydrogen (secondary N) is 1. The number of aromatic nitrogens is 4. The van der Waals surface area contributed by atoms with Gasteiger partial charge in [-0.25, -0.2) is 5.10 Å². The second kappa shape index (κ2) is 7.59. The second-order valence-electron chi connectivity index (χ2n) is 7.44. The van der Waals surface area contributed by atoms with Crippen LogP contribution >= 0.6 is 0 Å². The van der Waals surface area contributed by atoms with Gasteiger partial charge in [0.25, 0.3) is 0 Å². The Hall–Kier alpha value is -2.93. The molecule has 0 radical (unpaired) electrons. The molecule has 3 aromatic rings. The largest absolute Gasteiger partial charge is 0.485 e. The Balaban J connectivity index is 1.17. The molecule has 0 amide bonds. The molecule has 0 bridgehead atoms. The molecule has 0 saturated carbocycles. The van der Waals surface area contributed by atoms with Gasteiger partial charge in [0.05, 0.1) is 0 Å². The van der Waals surface area contributed by atoms with Gasteiger partial charge in [-0.3, -0.25) is 4.90 Å². The summed E-state index contributed by atoms with van der Waals surface area (Å²) in [4.78, 5) is 2.49. The van der Waals surface area contributed by atoms with Crippen molar-refractivity contribution in [1.82, 2.24) is 25.5 Å². The summed E-state index contributed by atoms with van der Waals surface area (Å²) in [6.07, 6.45) is 2.11. The summed E-state index contributed by atoms with van der Waals surface area (Å²) < 4.78 is 11.9. The molecule has 1 N–H and O–H groups in total. The van der Waals surface area contributed by atoms with Crippen LogP contribution in [0.15, 0.2) is 48.5 Å². The van der Waals surface area contributed by atoms with E-state index in [2.05, 4.69) is 49.8 Å². The van der Waals surface area contributed by atoms with Crippen molar-refractivity contribution in [2.45, 2.75) is 31.4 Å². The second-order valence-corrected chi connectivity index (χ2v) is 7.44. The maximum absolute atomic E-state index is 6.10. The van der Waals surface area contributed by atoms with Crippen LogP contribution in [0.5, 0.6) is 11.5 Å². The Kier molecular flexibility index (Phi) is 4.66. The quantitative estimate of drug-likeness (QED) is 0.753. The van der Waals surface area contributed by atoms with E-state index in [0.717, 1.165) is 55.4 Å². The molecule has 3 heterocycles. The molecule has 2 aliphatic rings. The van der Waals surface area contributed by atoms with E-state index in [-0.39, 0.29) is 6.10 Å². The van der Waals surface area contributed by atoms with E-state index in [4.69, 9.17) is 9.47 Å². The van der Waals surface area contributed by atoms with Crippen LogP contribution in [-0.2, 0) is 6.54 Å². The van der Waals surface area contributed by atoms with E-state index in [1.807, 2.05) is 24.3 Å². The van der Waals surface area contributed by atoms with Crippen LogP contribution in [-0.4, -0.2) is 45.2 Å². The maximum Gasteiger partial charge on any atom is 0.162 e. The van der Waals surface area contributed by atoms with Gasteiger partial charge in [0.2, 0.25) is 0 Å². The van der Waals surface area contributed by atoms with E-state index >= 15 is 0 Å². The van der Waals surface area contributed by atoms with Crippen molar-refractivity contribution in [2.24, 2.45) is 0 Å². The van der Waals surface area contributed by atoms with Crippen LogP contribution in [0.1, 0.15) is 41.8 Å². The third kappa shape index (κ3) is 3.57. The van der Waals surface area contributed by atoms with Gasteiger partial charge >= 0.3 is 0 Å². The van der Waals surface area contributed by atoms with Gasteiger partial charge in [-0.2, -0.15) is 0 Å². The minimum atomic E-state index is -0.0600. The Bertz CT molecular complexity index is 905. The first-order valence-corrected chi connectivity index (χ1v) is 9.78. The summed E-state index contributed by atoms with van der Waals surface area (Å²) in [6, 6.07) is 16.5. The number of rotatable bonds is 4. The van der Waals surface area contributed by atoms with Crippen LogP contribution < -0.4 is 9.47 Å². The first-order chi connectivity index (χ1) is 13.8. The van der Waals surface area contributed by atoms with Crippen molar-refractivity contribution in [3.8, 4) is 11.5 Å². The molecule has 1 aromatic heterocycles. The van der Waals surface area contributed by atoms with Gasteiger partial charge in [-0.15, -0.1) is 5.10 Å². The molecule has 7 heteroatoms. The number of benzene rings is 2. The van der Waals surface area contributed by atoms with E-state index < -0.39 is 0 Å². The van der Waals surface area contributed by atoms with Crippen molar-refractivity contribution in [3.05, 3.63) is 65.5 Å². The molecule has 0 spiro atoms. The lowest BCUT2D eigenvalue weighted by molar-refractivity contribution is 0.0912. The zero-order valence-corrected chi connectivity index (χ0v) is 15.6. The van der Waals surface area contributed by atoms with Gasteiger partial charge in [0, 0.05) is 12.5 Å². The van der Waals surface area contributed by atoms with Crippen molar-refractivity contribution >= 4 is 0 Å². The third-order valence-corrected chi connectivity index (χ3v) is 5.60. The molecule has 7 nitrogen and oxygen atoms in total. The lowest BCUT2D eigenvalue weighted by Crippen LogP contribution is -2.32. The molecule has 2 aromatic carbocycles. The van der Waals surface area contributed by atoms with Crippen LogP contribution in [0, 0.1) is 0 Å². The summed E-state index contributed by atoms with van der Waals surface area (Å²) in [5.41, 5.74) is 2.47. The molecular weight excluding hydrogens is 354 g/mol. The Morgan fingerprint density at radius 2 is 1.79 bits per heavy atom. The van der Waals surface area contributed by atoms with Gasteiger partial charge < -0.3 is 9.47 Å². The molecule has 144 valence electrons. The van der Waals surface area contributed by atoms with Crippen molar-refractivity contribution < 1.29 is 9.47 Å². The van der Waals surface area contributed by atoms with Crippen LogP contribution in [0.2, 0.25) is 0 Å². The Morgan fingerprint density at radius 1 is 1.00 bits per heavy atom. The summed E-state index contributed by atoms with van der Waals surface area (Å²) >= 11 is 0. The molecule has 0 unspecified atom stereocenters. The van der Waals surface area contributed by atoms with E-state index in [1.54, 1.807) is 0 Å². The van der Waals surface area contributed by atoms with Gasteiger partial charge in [0.15, 0.2) is 23.4 Å². The highest BCUT2D eigenvalue weighted by molar-refractivity contribution is 5.41. The van der Waals surface area contributed by atoms with E-state index in [9.17, 15) is 0 Å². The topological polar surface area (TPSA) is 76.2 Å². The maximum atomic E-state index is 6.10. The van der Waals surface area contributed by atoms with Gasteiger partial charge in [-0.1, -0.05) is 36.4 Å². The fraction of sp³-hybridized carbons (Fsp3) is 0.381. The zero-order valence-electron chi connectivity index (χ0n) is 15.6. The fourth-order valence-corrected chi connectivity index (χ4v) is 3.98. The molecule has 0 aliphatic carbocycles. The van der Waals surface area contributed by atoms with Crippen LogP contribution in [0.4, 0.5) is 0 Å². The fourth-order valence-electron chi connectivity index (χ4n) is 3.98. The lowest BCUT2D eigenvalue weighted by Gasteiger charge is -2.31. The highest BCUT2D eigenvalue weighted by Gasteiger charge is 2.24.